The van der Waals surface area contributed by atoms with Crippen molar-refractivity contribution in [1.82, 2.24) is 0 Å². The molecule has 1 unspecified atom stereocenters. The third kappa shape index (κ3) is 3.91. The van der Waals surface area contributed by atoms with Gasteiger partial charge in [0.1, 0.15) is 0 Å². The van der Waals surface area contributed by atoms with Gasteiger partial charge in [0.25, 0.3) is 0 Å². The maximum Gasteiger partial charge on any atom is 0.749 e. The Morgan fingerprint density at radius 1 is 1.25 bits per heavy atom. The standard InChI is InChI=1S/C7H8O3P.Zn/c1-9-11(8)10-7-5-3-2-4-6-7;/h2-6H,1H3;/q+1;. The van der Waals surface area contributed by atoms with Crippen molar-refractivity contribution >= 4 is 8.25 Å². The van der Waals surface area contributed by atoms with E-state index in [-0.39, 0.29) is 19.5 Å². The van der Waals surface area contributed by atoms with Crippen LogP contribution in [0.1, 0.15) is 0 Å². The molecule has 3 nitrogen and oxygen atoms in total. The molecule has 0 saturated heterocycles. The first-order valence-corrected chi connectivity index (χ1v) is 4.17. The molecule has 0 radical (unpaired) electrons. The Morgan fingerprint density at radius 3 is 2.33 bits per heavy atom. The molecule has 0 aliphatic rings. The van der Waals surface area contributed by atoms with Gasteiger partial charge in [0.15, 0.2) is 5.75 Å². The molecule has 0 heterocycles. The minimum atomic E-state index is -2.00. The summed E-state index contributed by atoms with van der Waals surface area (Å²) >= 11 is 0. The number of para-hydroxylation sites is 1. The topological polar surface area (TPSA) is 35.5 Å². The normalized spacial score (nSPS) is 9.92. The van der Waals surface area contributed by atoms with Crippen molar-refractivity contribution in [1.29, 1.82) is 0 Å². The Kier molecular flexibility index (Phi) is 6.09. The van der Waals surface area contributed by atoms with E-state index in [9.17, 15) is 4.57 Å². The first-order chi connectivity index (χ1) is 5.33. The summed E-state index contributed by atoms with van der Waals surface area (Å²) in [5.41, 5.74) is 0. The minimum absolute atomic E-state index is 0. The Bertz CT molecular complexity index is 240. The number of hydrogen-bond acceptors (Lipinski definition) is 3. The Labute approximate surface area is 84.8 Å². The predicted molar refractivity (Wildman–Crippen MR) is 41.7 cm³/mol. The molecule has 1 aromatic rings. The van der Waals surface area contributed by atoms with E-state index in [2.05, 4.69) is 4.52 Å². The second kappa shape index (κ2) is 6.24. The summed E-state index contributed by atoms with van der Waals surface area (Å²) in [4.78, 5) is 0. The van der Waals surface area contributed by atoms with E-state index >= 15 is 0 Å². The molecule has 0 aromatic heterocycles. The van der Waals surface area contributed by atoms with Crippen LogP contribution in [0.15, 0.2) is 30.3 Å². The second-order valence-corrected chi connectivity index (χ2v) is 2.81. The largest absolute Gasteiger partial charge is 0.749 e. The number of hydrogen-bond donors (Lipinski definition) is 0. The summed E-state index contributed by atoms with van der Waals surface area (Å²) in [7, 11) is -0.670. The van der Waals surface area contributed by atoms with Gasteiger partial charge >= 0.3 is 8.25 Å². The molecular formula is C7H8O3PZn+. The maximum absolute atomic E-state index is 10.7. The summed E-state index contributed by atoms with van der Waals surface area (Å²) in [6, 6.07) is 8.88. The molecule has 0 saturated carbocycles. The van der Waals surface area contributed by atoms with Crippen molar-refractivity contribution < 1.29 is 33.1 Å². The summed E-state index contributed by atoms with van der Waals surface area (Å²) in [5, 5.41) is 0. The van der Waals surface area contributed by atoms with Gasteiger partial charge in [-0.25, -0.2) is 4.52 Å². The van der Waals surface area contributed by atoms with Crippen LogP contribution in [0.4, 0.5) is 0 Å². The smallest absolute Gasteiger partial charge is 0.229 e. The maximum atomic E-state index is 10.7. The van der Waals surface area contributed by atoms with E-state index in [4.69, 9.17) is 4.52 Å². The first kappa shape index (κ1) is 11.7. The molecule has 0 bridgehead atoms. The molecule has 1 rings (SSSR count). The van der Waals surface area contributed by atoms with Gasteiger partial charge in [-0.3, -0.25) is 0 Å². The van der Waals surface area contributed by atoms with Crippen molar-refractivity contribution in [3.05, 3.63) is 30.3 Å². The SMILES string of the molecule is CO[P+](=O)Oc1ccccc1.[Zn]. The molecule has 1 atom stereocenters. The Hall–Kier alpha value is -0.297. The number of benzene rings is 1. The molecule has 0 N–H and O–H groups in total. The van der Waals surface area contributed by atoms with Crippen LogP contribution in [0.2, 0.25) is 0 Å². The summed E-state index contributed by atoms with van der Waals surface area (Å²) in [6.45, 7) is 0. The molecule has 0 aliphatic heterocycles. The average molecular weight is 237 g/mol. The van der Waals surface area contributed by atoms with E-state index in [1.54, 1.807) is 24.3 Å². The zero-order valence-electron chi connectivity index (χ0n) is 6.77. The Morgan fingerprint density at radius 2 is 1.83 bits per heavy atom. The van der Waals surface area contributed by atoms with Gasteiger partial charge in [0.05, 0.1) is 7.11 Å². The van der Waals surface area contributed by atoms with Crippen LogP contribution in [0.25, 0.3) is 0 Å². The fourth-order valence-corrected chi connectivity index (χ4v) is 0.973. The van der Waals surface area contributed by atoms with Crippen molar-refractivity contribution in [3.63, 3.8) is 0 Å². The Balaban J connectivity index is 0.00000121. The molecular weight excluding hydrogens is 228 g/mol. The predicted octanol–water partition coefficient (Wildman–Crippen LogP) is 2.37. The van der Waals surface area contributed by atoms with Gasteiger partial charge < -0.3 is 0 Å². The van der Waals surface area contributed by atoms with E-state index in [0.717, 1.165) is 0 Å². The van der Waals surface area contributed by atoms with Crippen molar-refractivity contribution in [2.75, 3.05) is 7.11 Å². The zero-order valence-corrected chi connectivity index (χ0v) is 10.6. The summed E-state index contributed by atoms with van der Waals surface area (Å²) < 4.78 is 20.0. The monoisotopic (exact) mass is 235 g/mol. The molecule has 0 fully saturated rings. The van der Waals surface area contributed by atoms with Crippen LogP contribution in [-0.2, 0) is 28.6 Å². The molecule has 60 valence electrons. The van der Waals surface area contributed by atoms with Crippen LogP contribution in [0.3, 0.4) is 0 Å². The third-order valence-electron chi connectivity index (χ3n) is 1.07. The first-order valence-electron chi connectivity index (χ1n) is 3.07. The van der Waals surface area contributed by atoms with Crippen LogP contribution in [0.5, 0.6) is 5.75 Å². The zero-order chi connectivity index (χ0) is 8.10. The minimum Gasteiger partial charge on any atom is -0.229 e. The van der Waals surface area contributed by atoms with Crippen molar-refractivity contribution in [2.24, 2.45) is 0 Å². The van der Waals surface area contributed by atoms with Gasteiger partial charge in [-0.15, -0.1) is 4.52 Å². The van der Waals surface area contributed by atoms with Crippen LogP contribution in [0, 0.1) is 0 Å². The van der Waals surface area contributed by atoms with Gasteiger partial charge in [-0.2, -0.15) is 0 Å². The molecule has 1 aromatic carbocycles. The molecule has 0 aliphatic carbocycles. The van der Waals surface area contributed by atoms with Crippen LogP contribution >= 0.6 is 8.25 Å². The second-order valence-electron chi connectivity index (χ2n) is 1.81. The van der Waals surface area contributed by atoms with Crippen LogP contribution < -0.4 is 4.52 Å². The molecule has 0 spiro atoms. The van der Waals surface area contributed by atoms with Gasteiger partial charge in [0.2, 0.25) is 0 Å². The van der Waals surface area contributed by atoms with E-state index in [0.29, 0.717) is 5.75 Å². The average Bonchev–Trinajstić information content (AvgIpc) is 2.06. The molecule has 12 heavy (non-hydrogen) atoms. The van der Waals surface area contributed by atoms with E-state index in [1.165, 1.54) is 7.11 Å². The van der Waals surface area contributed by atoms with E-state index < -0.39 is 8.25 Å². The van der Waals surface area contributed by atoms with Gasteiger partial charge in [-0.05, 0) is 12.1 Å². The van der Waals surface area contributed by atoms with E-state index in [1.807, 2.05) is 6.07 Å². The quantitative estimate of drug-likeness (QED) is 0.597. The van der Waals surface area contributed by atoms with Crippen molar-refractivity contribution in [2.45, 2.75) is 0 Å². The summed E-state index contributed by atoms with van der Waals surface area (Å²) in [5.74, 6) is 0.551. The van der Waals surface area contributed by atoms with Gasteiger partial charge in [0, 0.05) is 24.0 Å². The third-order valence-corrected chi connectivity index (χ3v) is 1.73. The molecule has 0 amide bonds. The van der Waals surface area contributed by atoms with Crippen LogP contribution in [-0.4, -0.2) is 7.11 Å². The molecule has 5 heteroatoms. The fraction of sp³-hybridized carbons (Fsp3) is 0.143. The number of rotatable bonds is 3. The van der Waals surface area contributed by atoms with Gasteiger partial charge in [-0.1, -0.05) is 18.2 Å². The fourth-order valence-electron chi connectivity index (χ4n) is 0.605. The summed E-state index contributed by atoms with van der Waals surface area (Å²) in [6.07, 6.45) is 0. The van der Waals surface area contributed by atoms with Crippen molar-refractivity contribution in [3.8, 4) is 5.75 Å².